The maximum Gasteiger partial charge on any atom is 0.128 e. The molecule has 0 saturated carbocycles. The number of rotatable bonds is 4. The second-order valence-electron chi connectivity index (χ2n) is 7.22. The Balaban J connectivity index is 0.00000280. The predicted molar refractivity (Wildman–Crippen MR) is 112 cm³/mol. The molecule has 1 fully saturated rings. The van der Waals surface area contributed by atoms with Gasteiger partial charge in [-0.1, -0.05) is 30.3 Å². The minimum Gasteiger partial charge on any atom is -0.324 e. The first kappa shape index (κ1) is 23.1. The Kier molecular flexibility index (Phi) is 7.47. The average molecular weight is 433 g/mol. The van der Waals surface area contributed by atoms with E-state index >= 15 is 0 Å². The molecule has 0 amide bonds. The van der Waals surface area contributed by atoms with Gasteiger partial charge < -0.3 is 5.73 Å². The van der Waals surface area contributed by atoms with Crippen molar-refractivity contribution in [2.24, 2.45) is 5.73 Å². The van der Waals surface area contributed by atoms with Crippen LogP contribution in [0.25, 0.3) is 0 Å². The summed E-state index contributed by atoms with van der Waals surface area (Å²) in [4.78, 5) is 0. The van der Waals surface area contributed by atoms with Gasteiger partial charge in [0, 0.05) is 29.8 Å². The van der Waals surface area contributed by atoms with Gasteiger partial charge in [-0.3, -0.25) is 9.11 Å². The molecule has 3 rings (SSSR count). The van der Waals surface area contributed by atoms with Crippen molar-refractivity contribution < 1.29 is 17.9 Å². The number of nitrogens with two attached hydrogens (primary N) is 1. The lowest BCUT2D eigenvalue weighted by Gasteiger charge is -2.54. The molecule has 0 bridgehead atoms. The number of hydrogen-bond acceptors (Lipinski definition) is 4. The summed E-state index contributed by atoms with van der Waals surface area (Å²) in [6.45, 7) is 3.39. The zero-order valence-corrected chi connectivity index (χ0v) is 17.5. The number of halogens is 3. The fourth-order valence-corrected chi connectivity index (χ4v) is 5.90. The topological polar surface area (TPSA) is 69.7 Å². The van der Waals surface area contributed by atoms with E-state index in [4.69, 9.17) is 5.73 Å². The van der Waals surface area contributed by atoms with Crippen molar-refractivity contribution in [1.29, 1.82) is 0 Å². The Morgan fingerprint density at radius 3 is 2.39 bits per heavy atom. The van der Waals surface area contributed by atoms with Gasteiger partial charge in [0.05, 0.1) is 5.25 Å². The number of hydrogen-bond donors (Lipinski definition) is 3. The molecule has 1 heterocycles. The highest BCUT2D eigenvalue weighted by Crippen LogP contribution is 2.62. The van der Waals surface area contributed by atoms with Crippen LogP contribution in [0.3, 0.4) is 0 Å². The summed E-state index contributed by atoms with van der Waals surface area (Å²) in [5.41, 5.74) is 6.72. The van der Waals surface area contributed by atoms with Gasteiger partial charge in [-0.05, 0) is 44.4 Å². The van der Waals surface area contributed by atoms with E-state index in [1.165, 1.54) is 4.31 Å². The van der Waals surface area contributed by atoms with Crippen molar-refractivity contribution in [3.63, 3.8) is 0 Å². The Morgan fingerprint density at radius 1 is 1.14 bits per heavy atom. The lowest BCUT2D eigenvalue weighted by atomic mass is 10.0. The highest BCUT2D eigenvalue weighted by molar-refractivity contribution is 8.22. The van der Waals surface area contributed by atoms with E-state index in [0.29, 0.717) is 6.42 Å². The summed E-state index contributed by atoms with van der Waals surface area (Å²) >= 11 is 0. The second-order valence-corrected chi connectivity index (χ2v) is 9.38. The van der Waals surface area contributed by atoms with Crippen LogP contribution in [0.15, 0.2) is 42.5 Å². The van der Waals surface area contributed by atoms with E-state index < -0.39 is 33.7 Å². The lowest BCUT2D eigenvalue weighted by molar-refractivity contribution is 0.238. The molecule has 1 unspecified atom stereocenters. The minimum atomic E-state index is -3.20. The Morgan fingerprint density at radius 2 is 1.79 bits per heavy atom. The van der Waals surface area contributed by atoms with Crippen LogP contribution < -0.4 is 5.73 Å². The van der Waals surface area contributed by atoms with Crippen molar-refractivity contribution in [3.05, 3.63) is 70.8 Å². The van der Waals surface area contributed by atoms with E-state index in [1.54, 1.807) is 6.92 Å². The first-order chi connectivity index (χ1) is 12.7. The molecule has 1 aliphatic rings. The van der Waals surface area contributed by atoms with E-state index in [9.17, 15) is 17.9 Å². The first-order valence-corrected chi connectivity index (χ1v) is 10.6. The van der Waals surface area contributed by atoms with Gasteiger partial charge in [0.25, 0.3) is 0 Å². The first-order valence-electron chi connectivity index (χ1n) is 9.04. The van der Waals surface area contributed by atoms with E-state index in [1.807, 2.05) is 37.3 Å². The molecule has 1 aliphatic heterocycles. The van der Waals surface area contributed by atoms with Crippen LogP contribution in [0.5, 0.6) is 0 Å². The summed E-state index contributed by atoms with van der Waals surface area (Å²) in [6.07, 6.45) is 1.36. The van der Waals surface area contributed by atoms with Gasteiger partial charge in [0.1, 0.15) is 11.6 Å². The van der Waals surface area contributed by atoms with Crippen molar-refractivity contribution in [3.8, 4) is 0 Å². The van der Waals surface area contributed by atoms with E-state index in [2.05, 4.69) is 0 Å². The Hall–Kier alpha value is -1.22. The van der Waals surface area contributed by atoms with Crippen molar-refractivity contribution in [2.75, 3.05) is 0 Å². The van der Waals surface area contributed by atoms with Crippen LogP contribution >= 0.6 is 23.2 Å². The quantitative estimate of drug-likeness (QED) is 0.571. The molecule has 4 nitrogen and oxygen atoms in total. The third kappa shape index (κ3) is 4.50. The van der Waals surface area contributed by atoms with Gasteiger partial charge in [-0.15, -0.1) is 23.2 Å². The van der Waals surface area contributed by atoms with Gasteiger partial charge in [-0.2, -0.15) is 4.31 Å². The van der Waals surface area contributed by atoms with Gasteiger partial charge in [0.15, 0.2) is 0 Å². The molecular weight excluding hydrogens is 406 g/mol. The monoisotopic (exact) mass is 432 g/mol. The van der Waals surface area contributed by atoms with Gasteiger partial charge in [-0.25, -0.2) is 8.78 Å². The lowest BCUT2D eigenvalue weighted by Crippen LogP contribution is -2.41. The van der Waals surface area contributed by atoms with Gasteiger partial charge >= 0.3 is 0 Å². The molecule has 2 aromatic rings. The number of nitrogens with zero attached hydrogens (tertiary/aromatic N) is 1. The SMILES string of the molecule is CC(N)c1cc(F)c(CN2[C@@H](C)CC[C@H](c3ccccc3)S2(O)O)cc1F.Cl. The largest absolute Gasteiger partial charge is 0.324 e. The predicted octanol–water partition coefficient (Wildman–Crippen LogP) is 5.80. The van der Waals surface area contributed by atoms with Crippen LogP contribution in [0.1, 0.15) is 54.7 Å². The van der Waals surface area contributed by atoms with Crippen molar-refractivity contribution >= 4 is 23.2 Å². The Bertz CT molecular complexity index is 808. The molecule has 0 aliphatic carbocycles. The summed E-state index contributed by atoms with van der Waals surface area (Å²) in [7, 11) is -3.20. The van der Waals surface area contributed by atoms with Crippen LogP contribution in [-0.2, 0) is 6.54 Å². The minimum absolute atomic E-state index is 0. The fourth-order valence-electron chi connectivity index (χ4n) is 3.63. The fraction of sp³-hybridized carbons (Fsp3) is 0.400. The molecule has 1 saturated heterocycles. The number of benzene rings is 2. The molecule has 0 spiro atoms. The Labute approximate surface area is 172 Å². The molecular formula is C20H27ClF2N2O2S. The molecule has 0 aromatic heterocycles. The zero-order chi connectivity index (χ0) is 19.8. The molecule has 2 aromatic carbocycles. The van der Waals surface area contributed by atoms with E-state index in [-0.39, 0.29) is 36.1 Å². The summed E-state index contributed by atoms with van der Waals surface area (Å²) < 4.78 is 52.4. The van der Waals surface area contributed by atoms with Crippen LogP contribution in [0.2, 0.25) is 0 Å². The highest BCUT2D eigenvalue weighted by atomic mass is 35.5. The van der Waals surface area contributed by atoms with Gasteiger partial charge in [0.2, 0.25) is 0 Å². The van der Waals surface area contributed by atoms with Crippen LogP contribution in [0, 0.1) is 11.6 Å². The summed E-state index contributed by atoms with van der Waals surface area (Å²) in [5.74, 6) is -1.17. The summed E-state index contributed by atoms with van der Waals surface area (Å²) in [6, 6.07) is 10.7. The molecule has 28 heavy (non-hydrogen) atoms. The second kappa shape index (κ2) is 9.07. The molecule has 3 atom stereocenters. The summed E-state index contributed by atoms with van der Waals surface area (Å²) in [5, 5.41) is -0.453. The zero-order valence-electron chi connectivity index (χ0n) is 15.9. The maximum absolute atomic E-state index is 14.5. The maximum atomic E-state index is 14.5. The highest BCUT2D eigenvalue weighted by Gasteiger charge is 2.40. The standard InChI is InChI=1S/C20H26F2N2O2S.ClH/c1-13-8-9-20(15-6-4-3-5-7-15)27(25,26)24(13)12-16-10-19(22)17(14(2)23)11-18(16)21;/h3-7,10-11,13-14,20,25-26H,8-9,12,23H2,1-2H3;1H/t13-,14?,20+;/m0./s1. The van der Waals surface area contributed by atoms with Crippen LogP contribution in [-0.4, -0.2) is 19.5 Å². The molecule has 4 N–H and O–H groups in total. The van der Waals surface area contributed by atoms with Crippen molar-refractivity contribution in [1.82, 2.24) is 4.31 Å². The van der Waals surface area contributed by atoms with Crippen LogP contribution in [0.4, 0.5) is 8.78 Å². The third-order valence-electron chi connectivity index (χ3n) is 5.22. The van der Waals surface area contributed by atoms with E-state index in [0.717, 1.165) is 24.1 Å². The average Bonchev–Trinajstić information content (AvgIpc) is 2.61. The molecule has 0 radical (unpaired) electrons. The smallest absolute Gasteiger partial charge is 0.128 e. The van der Waals surface area contributed by atoms with Crippen molar-refractivity contribution in [2.45, 2.75) is 50.6 Å². The normalized spacial score (nSPS) is 24.2. The third-order valence-corrected chi connectivity index (χ3v) is 7.67. The molecule has 8 heteroatoms. The molecule has 156 valence electrons.